The first kappa shape index (κ1) is 27.6. The van der Waals surface area contributed by atoms with Gasteiger partial charge in [0.1, 0.15) is 22.9 Å². The summed E-state index contributed by atoms with van der Waals surface area (Å²) in [7, 11) is 2.79. The molecule has 4 aromatic rings. The molecular formula is C30H26N4O6. The lowest BCUT2D eigenvalue weighted by Gasteiger charge is -2.20. The van der Waals surface area contributed by atoms with Crippen LogP contribution >= 0.6 is 0 Å². The van der Waals surface area contributed by atoms with Gasteiger partial charge in [-0.2, -0.15) is 0 Å². The topological polar surface area (TPSA) is 165 Å². The summed E-state index contributed by atoms with van der Waals surface area (Å²) in [5, 5.41) is 0. The van der Waals surface area contributed by atoms with Crippen molar-refractivity contribution in [2.45, 2.75) is 13.8 Å². The van der Waals surface area contributed by atoms with Gasteiger partial charge in [0.25, 0.3) is 11.8 Å². The second-order valence-corrected chi connectivity index (χ2v) is 8.86. The second kappa shape index (κ2) is 11.2. The van der Waals surface area contributed by atoms with Gasteiger partial charge in [-0.15, -0.1) is 0 Å². The standard InChI is InChI=1S/C30H26N4O6/c1-15-19(7-5-9-21(15)23-25(29(31)37)33-11-17(13-35)27(23)39-3)20-8-6-10-22(16(20)2)24-26(30(32)38)34-12-18(14-36)28(24)40-4/h5-14H,1-4H3,(H2,31,37)(H2,32,38). The van der Waals surface area contributed by atoms with Gasteiger partial charge >= 0.3 is 0 Å². The highest BCUT2D eigenvalue weighted by atomic mass is 16.5. The quantitative estimate of drug-likeness (QED) is 0.303. The van der Waals surface area contributed by atoms with Crippen molar-refractivity contribution in [2.24, 2.45) is 11.5 Å². The maximum atomic E-state index is 12.3. The summed E-state index contributed by atoms with van der Waals surface area (Å²) in [6.45, 7) is 3.72. The van der Waals surface area contributed by atoms with Crippen LogP contribution < -0.4 is 20.9 Å². The Labute approximate surface area is 230 Å². The molecule has 202 valence electrons. The smallest absolute Gasteiger partial charge is 0.268 e. The van der Waals surface area contributed by atoms with Gasteiger partial charge in [0, 0.05) is 12.4 Å². The zero-order valence-electron chi connectivity index (χ0n) is 22.3. The number of carbonyl (C=O) groups is 4. The molecule has 0 bridgehead atoms. The molecule has 0 spiro atoms. The number of aromatic nitrogens is 2. The van der Waals surface area contributed by atoms with E-state index in [4.69, 9.17) is 20.9 Å². The van der Waals surface area contributed by atoms with Crippen molar-refractivity contribution in [2.75, 3.05) is 14.2 Å². The summed E-state index contributed by atoms with van der Waals surface area (Å²) in [6, 6.07) is 10.9. The second-order valence-electron chi connectivity index (χ2n) is 8.86. The third-order valence-electron chi connectivity index (χ3n) is 6.74. The summed E-state index contributed by atoms with van der Waals surface area (Å²) in [4.78, 5) is 56.3. The van der Waals surface area contributed by atoms with Crippen LogP contribution in [-0.4, -0.2) is 48.6 Å². The SMILES string of the molecule is COc1c(C=O)cnc(C(N)=O)c1-c1cccc(-c2cccc(-c3c(C(N)=O)ncc(C=O)c3OC)c2C)c1C. The predicted molar refractivity (Wildman–Crippen MR) is 149 cm³/mol. The van der Waals surface area contributed by atoms with E-state index < -0.39 is 11.8 Å². The molecule has 10 heteroatoms. The number of nitrogens with zero attached hydrogens (tertiary/aromatic N) is 2. The number of nitrogens with two attached hydrogens (primary N) is 2. The van der Waals surface area contributed by atoms with Crippen molar-refractivity contribution >= 4 is 24.4 Å². The maximum absolute atomic E-state index is 12.3. The van der Waals surface area contributed by atoms with Crippen molar-refractivity contribution in [3.63, 3.8) is 0 Å². The van der Waals surface area contributed by atoms with E-state index in [0.717, 1.165) is 22.3 Å². The van der Waals surface area contributed by atoms with E-state index in [2.05, 4.69) is 9.97 Å². The zero-order valence-corrected chi connectivity index (χ0v) is 22.3. The van der Waals surface area contributed by atoms with E-state index in [1.165, 1.54) is 26.6 Å². The molecule has 0 radical (unpaired) electrons. The van der Waals surface area contributed by atoms with Crippen LogP contribution in [0.1, 0.15) is 52.8 Å². The summed E-state index contributed by atoms with van der Waals surface area (Å²) < 4.78 is 11.0. The number of methoxy groups -OCH3 is 2. The van der Waals surface area contributed by atoms with E-state index in [-0.39, 0.29) is 34.0 Å². The Morgan fingerprint density at radius 2 is 1.02 bits per heavy atom. The van der Waals surface area contributed by atoms with Crippen LogP contribution in [-0.2, 0) is 0 Å². The van der Waals surface area contributed by atoms with Gasteiger partial charge in [-0.05, 0) is 47.2 Å². The minimum atomic E-state index is -0.776. The summed E-state index contributed by atoms with van der Waals surface area (Å²) in [5.41, 5.74) is 16.4. The zero-order chi connectivity index (χ0) is 29.1. The highest BCUT2D eigenvalue weighted by molar-refractivity contribution is 6.04. The van der Waals surface area contributed by atoms with E-state index in [1.54, 1.807) is 24.3 Å². The molecule has 0 aliphatic heterocycles. The molecule has 0 saturated heterocycles. The Balaban J connectivity index is 2.03. The number of carbonyl (C=O) groups excluding carboxylic acids is 4. The molecule has 0 aliphatic carbocycles. The lowest BCUT2D eigenvalue weighted by atomic mass is 9.86. The molecule has 2 amide bonds. The predicted octanol–water partition coefficient (Wildman–Crippen LogP) is 3.93. The number of benzene rings is 2. The lowest BCUT2D eigenvalue weighted by molar-refractivity contribution is 0.0987. The normalized spacial score (nSPS) is 10.6. The van der Waals surface area contributed by atoms with Crippen LogP contribution in [0.25, 0.3) is 33.4 Å². The molecule has 0 aliphatic rings. The minimum absolute atomic E-state index is 0.0410. The number of hydrogen-bond donors (Lipinski definition) is 2. The number of pyridine rings is 2. The van der Waals surface area contributed by atoms with E-state index >= 15 is 0 Å². The fourth-order valence-electron chi connectivity index (χ4n) is 4.90. The summed E-state index contributed by atoms with van der Waals surface area (Å²) >= 11 is 0. The number of hydrogen-bond acceptors (Lipinski definition) is 8. The van der Waals surface area contributed by atoms with Crippen molar-refractivity contribution < 1.29 is 28.7 Å². The molecule has 2 aromatic carbocycles. The molecule has 2 heterocycles. The first-order valence-corrected chi connectivity index (χ1v) is 12.0. The van der Waals surface area contributed by atoms with Gasteiger partial charge in [0.05, 0.1) is 36.5 Å². The fourth-order valence-corrected chi connectivity index (χ4v) is 4.90. The molecule has 40 heavy (non-hydrogen) atoms. The largest absolute Gasteiger partial charge is 0.495 e. The molecule has 0 saturated carbocycles. The van der Waals surface area contributed by atoms with Crippen molar-refractivity contribution in [1.29, 1.82) is 0 Å². The van der Waals surface area contributed by atoms with Gasteiger partial charge in [0.2, 0.25) is 0 Å². The van der Waals surface area contributed by atoms with Gasteiger partial charge in [-0.3, -0.25) is 19.2 Å². The van der Waals surface area contributed by atoms with Gasteiger partial charge < -0.3 is 20.9 Å². The molecule has 2 aromatic heterocycles. The molecule has 0 fully saturated rings. The lowest BCUT2D eigenvalue weighted by Crippen LogP contribution is -2.16. The Morgan fingerprint density at radius 3 is 1.32 bits per heavy atom. The number of ether oxygens (including phenoxy) is 2. The minimum Gasteiger partial charge on any atom is -0.495 e. The molecule has 4 rings (SSSR count). The molecule has 4 N–H and O–H groups in total. The number of aldehydes is 2. The Bertz CT molecular complexity index is 1570. The summed E-state index contributed by atoms with van der Waals surface area (Å²) in [5.74, 6) is -1.20. The van der Waals surface area contributed by atoms with Crippen LogP contribution in [0.2, 0.25) is 0 Å². The van der Waals surface area contributed by atoms with Gasteiger partial charge in [0.15, 0.2) is 12.6 Å². The number of rotatable bonds is 9. The molecular weight excluding hydrogens is 512 g/mol. The van der Waals surface area contributed by atoms with E-state index in [1.807, 2.05) is 26.0 Å². The highest BCUT2D eigenvalue weighted by Crippen LogP contribution is 2.43. The Morgan fingerprint density at radius 1 is 0.675 bits per heavy atom. The van der Waals surface area contributed by atoms with E-state index in [9.17, 15) is 19.2 Å². The van der Waals surface area contributed by atoms with Crippen LogP contribution in [0.4, 0.5) is 0 Å². The van der Waals surface area contributed by atoms with Crippen molar-refractivity contribution in [3.05, 3.63) is 82.4 Å². The first-order chi connectivity index (χ1) is 19.2. The van der Waals surface area contributed by atoms with E-state index in [0.29, 0.717) is 34.8 Å². The number of primary amides is 2. The average Bonchev–Trinajstić information content (AvgIpc) is 2.95. The molecule has 0 unspecified atom stereocenters. The van der Waals surface area contributed by atoms with Crippen molar-refractivity contribution in [3.8, 4) is 44.9 Å². The average molecular weight is 539 g/mol. The van der Waals surface area contributed by atoms with Crippen molar-refractivity contribution in [1.82, 2.24) is 9.97 Å². The molecule has 10 nitrogen and oxygen atoms in total. The third kappa shape index (κ3) is 4.55. The maximum Gasteiger partial charge on any atom is 0.268 e. The van der Waals surface area contributed by atoms with Gasteiger partial charge in [-0.25, -0.2) is 9.97 Å². The van der Waals surface area contributed by atoms with Crippen LogP contribution in [0, 0.1) is 13.8 Å². The van der Waals surface area contributed by atoms with Crippen LogP contribution in [0.3, 0.4) is 0 Å². The number of amides is 2. The van der Waals surface area contributed by atoms with Crippen LogP contribution in [0.15, 0.2) is 48.8 Å². The summed E-state index contributed by atoms with van der Waals surface area (Å²) in [6.07, 6.45) is 3.68. The monoisotopic (exact) mass is 538 g/mol. The van der Waals surface area contributed by atoms with Crippen LogP contribution in [0.5, 0.6) is 11.5 Å². The molecule has 0 atom stereocenters. The van der Waals surface area contributed by atoms with Gasteiger partial charge in [-0.1, -0.05) is 36.4 Å². The Kier molecular flexibility index (Phi) is 7.71. The Hall–Kier alpha value is -5.38. The fraction of sp³-hybridized carbons (Fsp3) is 0.133. The first-order valence-electron chi connectivity index (χ1n) is 12.0. The third-order valence-corrected chi connectivity index (χ3v) is 6.74. The highest BCUT2D eigenvalue weighted by Gasteiger charge is 2.25.